The molecule has 0 fully saturated rings. The topological polar surface area (TPSA) is 162 Å². The van der Waals surface area contributed by atoms with Gasteiger partial charge in [0.25, 0.3) is 0 Å². The van der Waals surface area contributed by atoms with Crippen molar-refractivity contribution in [1.82, 2.24) is 0 Å². The minimum Gasteiger partial charge on any atom is -0.508 e. The number of ketones is 1. The quantitative estimate of drug-likeness (QED) is 0.180. The summed E-state index contributed by atoms with van der Waals surface area (Å²) in [4.78, 5) is 36.3. The molecule has 9 heteroatoms. The summed E-state index contributed by atoms with van der Waals surface area (Å²) in [5.41, 5.74) is 0.596. The van der Waals surface area contributed by atoms with Gasteiger partial charge in [0.15, 0.2) is 5.78 Å². The lowest BCUT2D eigenvalue weighted by molar-refractivity contribution is -0.134. The number of Topliss-reactive ketones (excluding diaryl/α,β-unsaturated/α-hetero) is 1. The minimum atomic E-state index is -1.28. The number of rotatable bonds is 9. The van der Waals surface area contributed by atoms with Gasteiger partial charge in [0.2, 0.25) is 0 Å². The molecular weight excluding hydrogens is 444 g/mol. The number of aromatic carboxylic acids is 1. The molecule has 0 saturated heterocycles. The third-order valence-corrected chi connectivity index (χ3v) is 5.08. The van der Waals surface area contributed by atoms with E-state index in [1.54, 1.807) is 12.1 Å². The Morgan fingerprint density at radius 3 is 2.00 bits per heavy atom. The molecule has 176 valence electrons. The Bertz CT molecular complexity index is 1210. The lowest BCUT2D eigenvalue weighted by Gasteiger charge is -2.11. The first-order chi connectivity index (χ1) is 16.1. The largest absolute Gasteiger partial charge is 0.508 e. The van der Waals surface area contributed by atoms with Crippen LogP contribution in [-0.4, -0.2) is 43.3 Å². The first-order valence-corrected chi connectivity index (χ1v) is 10.3. The second-order valence-corrected chi connectivity index (χ2v) is 7.55. The average molecular weight is 466 g/mol. The van der Waals surface area contributed by atoms with Crippen molar-refractivity contribution in [2.45, 2.75) is 25.7 Å². The van der Waals surface area contributed by atoms with Crippen LogP contribution in [0.4, 0.5) is 0 Å². The number of benzene rings is 3. The molecule has 9 nitrogen and oxygen atoms in total. The number of phenols is 4. The van der Waals surface area contributed by atoms with Gasteiger partial charge in [0, 0.05) is 25.0 Å². The second-order valence-electron chi connectivity index (χ2n) is 7.55. The van der Waals surface area contributed by atoms with Gasteiger partial charge in [-0.05, 0) is 48.2 Å². The van der Waals surface area contributed by atoms with E-state index in [0.717, 1.165) is 17.7 Å². The summed E-state index contributed by atoms with van der Waals surface area (Å²) in [7, 11) is 0. The third-order valence-electron chi connectivity index (χ3n) is 5.08. The monoisotopic (exact) mass is 466 g/mol. The second kappa shape index (κ2) is 10.4. The van der Waals surface area contributed by atoms with Crippen LogP contribution in [0.15, 0.2) is 54.6 Å². The van der Waals surface area contributed by atoms with Gasteiger partial charge in [-0.1, -0.05) is 18.2 Å². The zero-order chi connectivity index (χ0) is 24.8. The normalized spacial score (nSPS) is 10.6. The SMILES string of the molecule is O=C(CCc1ccc(O)cc1)Oc1ccc(CCC(=O)c2c(O)cc(O)cc2O)c(C(=O)O)c1. The van der Waals surface area contributed by atoms with Crippen LogP contribution in [-0.2, 0) is 17.6 Å². The molecule has 0 radical (unpaired) electrons. The molecule has 0 aliphatic heterocycles. The fraction of sp³-hybridized carbons (Fsp3) is 0.160. The van der Waals surface area contributed by atoms with Gasteiger partial charge in [-0.25, -0.2) is 4.79 Å². The van der Waals surface area contributed by atoms with Crippen LogP contribution in [0, 0.1) is 0 Å². The van der Waals surface area contributed by atoms with E-state index < -0.39 is 35.0 Å². The van der Waals surface area contributed by atoms with Crippen molar-refractivity contribution in [2.75, 3.05) is 0 Å². The Labute approximate surface area is 194 Å². The van der Waals surface area contributed by atoms with Gasteiger partial charge in [-0.2, -0.15) is 0 Å². The van der Waals surface area contributed by atoms with Crippen molar-refractivity contribution in [1.29, 1.82) is 0 Å². The van der Waals surface area contributed by atoms with Crippen molar-refractivity contribution in [3.05, 3.63) is 76.9 Å². The van der Waals surface area contributed by atoms with Crippen LogP contribution in [0.25, 0.3) is 0 Å². The molecule has 3 aromatic rings. The van der Waals surface area contributed by atoms with Gasteiger partial charge in [-0.3, -0.25) is 9.59 Å². The Kier molecular flexibility index (Phi) is 7.37. The molecular formula is C25H22O9. The highest BCUT2D eigenvalue weighted by molar-refractivity contribution is 6.01. The molecule has 0 bridgehead atoms. The summed E-state index contributed by atoms with van der Waals surface area (Å²) in [6, 6.07) is 12.2. The predicted molar refractivity (Wildman–Crippen MR) is 120 cm³/mol. The number of carboxylic acid groups (broad SMARTS) is 1. The van der Waals surface area contributed by atoms with E-state index in [9.17, 15) is 39.9 Å². The Morgan fingerprint density at radius 1 is 0.735 bits per heavy atom. The standard InChI is InChI=1S/C25H22O9/c26-16-6-1-14(2-7-16)3-10-23(31)34-18-8-4-15(19(13-18)25(32)33)5-9-20(28)24-21(29)11-17(27)12-22(24)30/h1-2,4,6-8,11-13,26-27,29-30H,3,5,9-10H2,(H,32,33). The lowest BCUT2D eigenvalue weighted by atomic mass is 9.98. The van der Waals surface area contributed by atoms with Crippen molar-refractivity contribution in [2.24, 2.45) is 0 Å². The first kappa shape index (κ1) is 24.1. The maximum atomic E-state index is 12.4. The van der Waals surface area contributed by atoms with Crippen LogP contribution in [0.1, 0.15) is 44.7 Å². The molecule has 0 aliphatic carbocycles. The zero-order valence-electron chi connectivity index (χ0n) is 17.9. The highest BCUT2D eigenvalue weighted by atomic mass is 16.5. The van der Waals surface area contributed by atoms with Crippen LogP contribution in [0.3, 0.4) is 0 Å². The van der Waals surface area contributed by atoms with Crippen LogP contribution in [0.5, 0.6) is 28.7 Å². The van der Waals surface area contributed by atoms with E-state index in [4.69, 9.17) is 4.74 Å². The number of aromatic hydroxyl groups is 4. The van der Waals surface area contributed by atoms with Gasteiger partial charge >= 0.3 is 11.9 Å². The van der Waals surface area contributed by atoms with E-state index in [-0.39, 0.29) is 41.9 Å². The summed E-state index contributed by atoms with van der Waals surface area (Å²) < 4.78 is 5.23. The maximum absolute atomic E-state index is 12.4. The Hall–Kier alpha value is -4.53. The molecule has 3 aromatic carbocycles. The van der Waals surface area contributed by atoms with Crippen molar-refractivity contribution < 1.29 is 44.7 Å². The van der Waals surface area contributed by atoms with Gasteiger partial charge < -0.3 is 30.3 Å². The van der Waals surface area contributed by atoms with E-state index >= 15 is 0 Å². The molecule has 0 heterocycles. The number of aryl methyl sites for hydroxylation is 2. The Morgan fingerprint density at radius 2 is 1.38 bits per heavy atom. The molecule has 3 rings (SSSR count). The minimum absolute atomic E-state index is 0.0185. The van der Waals surface area contributed by atoms with Gasteiger partial charge in [-0.15, -0.1) is 0 Å². The van der Waals surface area contributed by atoms with Crippen LogP contribution >= 0.6 is 0 Å². The molecule has 0 amide bonds. The van der Waals surface area contributed by atoms with E-state index in [2.05, 4.69) is 0 Å². The van der Waals surface area contributed by atoms with Crippen LogP contribution < -0.4 is 4.74 Å². The smallest absolute Gasteiger partial charge is 0.336 e. The number of esters is 1. The molecule has 0 atom stereocenters. The zero-order valence-corrected chi connectivity index (χ0v) is 17.9. The number of carbonyl (C=O) groups excluding carboxylic acids is 2. The summed E-state index contributed by atoms with van der Waals surface area (Å²) in [6.45, 7) is 0. The third kappa shape index (κ3) is 6.04. The van der Waals surface area contributed by atoms with Crippen molar-refractivity contribution in [3.8, 4) is 28.7 Å². The van der Waals surface area contributed by atoms with Crippen molar-refractivity contribution in [3.63, 3.8) is 0 Å². The van der Waals surface area contributed by atoms with Gasteiger partial charge in [0.1, 0.15) is 34.3 Å². The highest BCUT2D eigenvalue weighted by Crippen LogP contribution is 2.33. The van der Waals surface area contributed by atoms with E-state index in [0.29, 0.717) is 12.0 Å². The fourth-order valence-electron chi connectivity index (χ4n) is 3.38. The molecule has 0 unspecified atom stereocenters. The molecule has 0 aliphatic rings. The Balaban J connectivity index is 1.66. The van der Waals surface area contributed by atoms with E-state index in [1.165, 1.54) is 30.3 Å². The van der Waals surface area contributed by atoms with Gasteiger partial charge in [0.05, 0.1) is 5.56 Å². The molecule has 0 aromatic heterocycles. The summed E-state index contributed by atoms with van der Waals surface area (Å²) in [5.74, 6) is -3.91. The molecule has 0 saturated carbocycles. The number of phenolic OH excluding ortho intramolecular Hbond substituents is 4. The molecule has 34 heavy (non-hydrogen) atoms. The molecule has 5 N–H and O–H groups in total. The first-order valence-electron chi connectivity index (χ1n) is 10.3. The average Bonchev–Trinajstić information content (AvgIpc) is 2.77. The number of hydrogen-bond donors (Lipinski definition) is 5. The number of carbonyl (C=O) groups is 3. The summed E-state index contributed by atoms with van der Waals surface area (Å²) in [5, 5.41) is 47.9. The number of hydrogen-bond acceptors (Lipinski definition) is 8. The summed E-state index contributed by atoms with van der Waals surface area (Å²) in [6.07, 6.45) is 0.179. The number of ether oxygens (including phenoxy) is 1. The lowest BCUT2D eigenvalue weighted by Crippen LogP contribution is -2.11. The maximum Gasteiger partial charge on any atom is 0.336 e. The van der Waals surface area contributed by atoms with Crippen LogP contribution in [0.2, 0.25) is 0 Å². The number of carboxylic acids is 1. The predicted octanol–water partition coefficient (Wildman–Crippen LogP) is 3.56. The highest BCUT2D eigenvalue weighted by Gasteiger charge is 2.20. The fourth-order valence-corrected chi connectivity index (χ4v) is 3.38. The summed E-state index contributed by atoms with van der Waals surface area (Å²) >= 11 is 0. The molecule has 0 spiro atoms. The van der Waals surface area contributed by atoms with E-state index in [1.807, 2.05) is 0 Å². The van der Waals surface area contributed by atoms with Crippen molar-refractivity contribution >= 4 is 17.7 Å².